The maximum atomic E-state index is 12.6. The summed E-state index contributed by atoms with van der Waals surface area (Å²) in [4.78, 5) is 6.53. The first kappa shape index (κ1) is 23.5. The molecule has 1 aromatic rings. The molecule has 1 fully saturated rings. The zero-order valence-electron chi connectivity index (χ0n) is 14.9. The van der Waals surface area contributed by atoms with Gasteiger partial charge in [0.2, 0.25) is 0 Å². The Bertz CT molecular complexity index is 665. The molecule has 1 heterocycles. The van der Waals surface area contributed by atoms with Gasteiger partial charge >= 0.3 is 6.18 Å². The lowest BCUT2D eigenvalue weighted by Crippen LogP contribution is -2.37. The van der Waals surface area contributed by atoms with Gasteiger partial charge in [-0.25, -0.2) is 0 Å². The van der Waals surface area contributed by atoms with Crippen LogP contribution in [0.2, 0.25) is 0 Å². The molecule has 1 aliphatic rings. The molecule has 0 aliphatic carbocycles. The maximum absolute atomic E-state index is 12.6. The van der Waals surface area contributed by atoms with E-state index >= 15 is 0 Å². The van der Waals surface area contributed by atoms with Crippen molar-refractivity contribution >= 4 is 29.9 Å². The number of hydrogen-bond acceptors (Lipinski definition) is 3. The molecule has 1 aliphatic heterocycles. The number of nitrogens with zero attached hydrogens (tertiary/aromatic N) is 2. The minimum Gasteiger partial charge on any atom is -0.379 e. The number of guanidine groups is 1. The second-order valence-electron chi connectivity index (χ2n) is 5.81. The third kappa shape index (κ3) is 9.30. The number of hydrogen-bond donors (Lipinski definition) is 2. The van der Waals surface area contributed by atoms with Crippen LogP contribution in [0.5, 0.6) is 0 Å². The number of aliphatic imine (C=N–C) groups is 1. The van der Waals surface area contributed by atoms with Crippen molar-refractivity contribution in [1.82, 2.24) is 10.2 Å². The van der Waals surface area contributed by atoms with E-state index in [0.29, 0.717) is 12.1 Å². The van der Waals surface area contributed by atoms with Gasteiger partial charge in [-0.05, 0) is 24.6 Å². The van der Waals surface area contributed by atoms with Crippen LogP contribution >= 0.6 is 24.0 Å². The Morgan fingerprint density at radius 2 is 2.04 bits per heavy atom. The van der Waals surface area contributed by atoms with E-state index < -0.39 is 11.7 Å². The predicted molar refractivity (Wildman–Crippen MR) is 110 cm³/mol. The van der Waals surface area contributed by atoms with E-state index in [4.69, 9.17) is 10.5 Å². The van der Waals surface area contributed by atoms with Gasteiger partial charge in [0, 0.05) is 31.7 Å². The smallest absolute Gasteiger partial charge is 0.379 e. The molecule has 1 saturated heterocycles. The molecule has 3 N–H and O–H groups in total. The van der Waals surface area contributed by atoms with Gasteiger partial charge in [-0.2, -0.15) is 13.2 Å². The van der Waals surface area contributed by atoms with Crippen molar-refractivity contribution in [3.05, 3.63) is 35.4 Å². The summed E-state index contributed by atoms with van der Waals surface area (Å²) in [6.45, 7) is 5.22. The topological polar surface area (TPSA) is 62.9 Å². The van der Waals surface area contributed by atoms with Crippen molar-refractivity contribution < 1.29 is 17.9 Å². The number of nitrogens with two attached hydrogens (primary N) is 1. The van der Waals surface area contributed by atoms with Crippen LogP contribution in [0.15, 0.2) is 29.3 Å². The van der Waals surface area contributed by atoms with Gasteiger partial charge in [-0.1, -0.05) is 17.9 Å². The van der Waals surface area contributed by atoms with Crippen LogP contribution in [0.1, 0.15) is 17.5 Å². The van der Waals surface area contributed by atoms with E-state index in [0.717, 1.165) is 51.4 Å². The molecule has 0 aromatic heterocycles. The third-order valence-corrected chi connectivity index (χ3v) is 3.80. The normalized spacial score (nSPS) is 15.4. The summed E-state index contributed by atoms with van der Waals surface area (Å²) < 4.78 is 43.2. The molecule has 0 atom stereocenters. The van der Waals surface area contributed by atoms with Gasteiger partial charge < -0.3 is 15.8 Å². The van der Waals surface area contributed by atoms with Crippen LogP contribution < -0.4 is 11.1 Å². The van der Waals surface area contributed by atoms with Crippen LogP contribution in [-0.2, 0) is 10.9 Å². The fraction of sp³-hybridized carbons (Fsp3) is 0.500. The largest absolute Gasteiger partial charge is 0.416 e. The van der Waals surface area contributed by atoms with E-state index in [1.807, 2.05) is 0 Å². The van der Waals surface area contributed by atoms with Crippen LogP contribution in [0.3, 0.4) is 0 Å². The van der Waals surface area contributed by atoms with Crippen molar-refractivity contribution in [2.75, 3.05) is 45.9 Å². The molecule has 0 bridgehead atoms. The standard InChI is InChI=1S/C18H23F3N4O.HI/c19-18(20,21)16-6-1-4-15(14-16)5-2-7-23-17(22)24-8-3-9-25-10-12-26-13-11-25;/h1,4,6,14H,3,7-13H2,(H3,22,23,24);1H. The van der Waals surface area contributed by atoms with E-state index in [-0.39, 0.29) is 36.5 Å². The van der Waals surface area contributed by atoms with Crippen LogP contribution in [-0.4, -0.2) is 56.8 Å². The second-order valence-corrected chi connectivity index (χ2v) is 5.81. The average Bonchev–Trinajstić information content (AvgIpc) is 2.63. The first-order valence-electron chi connectivity index (χ1n) is 8.45. The van der Waals surface area contributed by atoms with Crippen molar-refractivity contribution in [2.24, 2.45) is 10.7 Å². The minimum atomic E-state index is -4.37. The number of nitrogens with one attached hydrogen (secondary N) is 1. The number of benzene rings is 1. The zero-order chi connectivity index (χ0) is 18.8. The minimum absolute atomic E-state index is 0. The number of morpholine rings is 1. The molecule has 2 rings (SSSR count). The van der Waals surface area contributed by atoms with Gasteiger partial charge in [0.15, 0.2) is 5.96 Å². The first-order valence-corrected chi connectivity index (χ1v) is 8.45. The first-order chi connectivity index (χ1) is 12.4. The fourth-order valence-electron chi connectivity index (χ4n) is 2.43. The molecular formula is C18H24F3IN4O. The summed E-state index contributed by atoms with van der Waals surface area (Å²) in [5, 5.41) is 2.83. The van der Waals surface area contributed by atoms with E-state index in [9.17, 15) is 13.2 Å². The molecule has 150 valence electrons. The van der Waals surface area contributed by atoms with Gasteiger partial charge in [0.05, 0.1) is 25.3 Å². The molecule has 27 heavy (non-hydrogen) atoms. The molecule has 0 amide bonds. The monoisotopic (exact) mass is 496 g/mol. The quantitative estimate of drug-likeness (QED) is 0.216. The Kier molecular flexibility index (Phi) is 10.5. The van der Waals surface area contributed by atoms with Gasteiger partial charge in [0.25, 0.3) is 0 Å². The summed E-state index contributed by atoms with van der Waals surface area (Å²) in [5.41, 5.74) is 5.34. The number of rotatable bonds is 5. The highest BCUT2D eigenvalue weighted by molar-refractivity contribution is 14.0. The highest BCUT2D eigenvalue weighted by Gasteiger charge is 2.30. The van der Waals surface area contributed by atoms with Gasteiger partial charge in [0.1, 0.15) is 0 Å². The average molecular weight is 496 g/mol. The molecule has 9 heteroatoms. The Labute approximate surface area is 174 Å². The highest BCUT2D eigenvalue weighted by atomic mass is 127. The fourth-order valence-corrected chi connectivity index (χ4v) is 2.43. The van der Waals surface area contributed by atoms with Crippen LogP contribution in [0.4, 0.5) is 13.2 Å². The number of ether oxygens (including phenoxy) is 1. The Morgan fingerprint density at radius 3 is 2.74 bits per heavy atom. The summed E-state index contributed by atoms with van der Waals surface area (Å²) in [6, 6.07) is 4.91. The second kappa shape index (κ2) is 12.0. The van der Waals surface area contributed by atoms with Crippen molar-refractivity contribution in [1.29, 1.82) is 0 Å². The van der Waals surface area contributed by atoms with Crippen LogP contribution in [0.25, 0.3) is 0 Å². The van der Waals surface area contributed by atoms with Crippen molar-refractivity contribution in [3.63, 3.8) is 0 Å². The van der Waals surface area contributed by atoms with E-state index in [2.05, 4.69) is 27.0 Å². The van der Waals surface area contributed by atoms with Gasteiger partial charge in [-0.3, -0.25) is 9.89 Å². The molecule has 0 radical (unpaired) electrons. The third-order valence-electron chi connectivity index (χ3n) is 3.80. The molecular weight excluding hydrogens is 472 g/mol. The summed E-state index contributed by atoms with van der Waals surface area (Å²) in [7, 11) is 0. The summed E-state index contributed by atoms with van der Waals surface area (Å²) in [5.74, 6) is 5.71. The summed E-state index contributed by atoms with van der Waals surface area (Å²) in [6.07, 6.45) is -3.47. The number of halogens is 4. The lowest BCUT2D eigenvalue weighted by molar-refractivity contribution is -0.137. The number of alkyl halides is 3. The highest BCUT2D eigenvalue weighted by Crippen LogP contribution is 2.29. The predicted octanol–water partition coefficient (Wildman–Crippen LogP) is 2.30. The van der Waals surface area contributed by atoms with Crippen molar-refractivity contribution in [3.8, 4) is 11.8 Å². The lowest BCUT2D eigenvalue weighted by atomic mass is 10.1. The molecule has 0 saturated carbocycles. The van der Waals surface area contributed by atoms with Crippen LogP contribution in [0, 0.1) is 11.8 Å². The molecule has 5 nitrogen and oxygen atoms in total. The maximum Gasteiger partial charge on any atom is 0.416 e. The van der Waals surface area contributed by atoms with Crippen molar-refractivity contribution in [2.45, 2.75) is 12.6 Å². The van der Waals surface area contributed by atoms with E-state index in [1.165, 1.54) is 12.1 Å². The summed E-state index contributed by atoms with van der Waals surface area (Å²) >= 11 is 0. The Morgan fingerprint density at radius 1 is 1.30 bits per heavy atom. The SMILES string of the molecule is I.NC(=NCCCN1CCOCC1)NCC#Cc1cccc(C(F)(F)F)c1. The van der Waals surface area contributed by atoms with E-state index in [1.54, 1.807) is 0 Å². The Hall–Kier alpha value is -1.51. The molecule has 0 unspecified atom stereocenters. The molecule has 1 aromatic carbocycles. The Balaban J connectivity index is 0.00000364. The molecule has 0 spiro atoms. The van der Waals surface area contributed by atoms with Gasteiger partial charge in [-0.15, -0.1) is 24.0 Å². The zero-order valence-corrected chi connectivity index (χ0v) is 17.2. The lowest BCUT2D eigenvalue weighted by Gasteiger charge is -2.26.